The van der Waals surface area contributed by atoms with Gasteiger partial charge in [-0.2, -0.15) is 0 Å². The maximum absolute atomic E-state index is 9.51. The molecule has 0 saturated heterocycles. The topological polar surface area (TPSA) is 80.4 Å². The summed E-state index contributed by atoms with van der Waals surface area (Å²) >= 11 is 0. The summed E-state index contributed by atoms with van der Waals surface area (Å²) in [7, 11) is 1.61. The Balaban J connectivity index is 1.92. The second-order valence-electron chi connectivity index (χ2n) is 5.61. The highest BCUT2D eigenvalue weighted by atomic mass is 16.5. The van der Waals surface area contributed by atoms with Crippen LogP contribution in [0.15, 0.2) is 60.7 Å². The number of ether oxygens (including phenoxy) is 1. The van der Waals surface area contributed by atoms with Gasteiger partial charge in [0.2, 0.25) is 0 Å². The van der Waals surface area contributed by atoms with Crippen molar-refractivity contribution < 1.29 is 14.9 Å². The largest absolute Gasteiger partial charge is 0.508 e. The number of aromatic hydroxyl groups is 2. The van der Waals surface area contributed by atoms with Crippen LogP contribution in [0.4, 0.5) is 0 Å². The van der Waals surface area contributed by atoms with Gasteiger partial charge < -0.3 is 14.9 Å². The molecule has 0 spiro atoms. The van der Waals surface area contributed by atoms with Crippen molar-refractivity contribution in [2.24, 2.45) is 0 Å². The van der Waals surface area contributed by atoms with E-state index in [0.29, 0.717) is 11.3 Å². The number of nitrogens with zero attached hydrogens (tertiary/aromatic N) is 3. The van der Waals surface area contributed by atoms with Gasteiger partial charge in [0.05, 0.1) is 18.3 Å². The Kier molecular flexibility index (Phi) is 3.50. The van der Waals surface area contributed by atoms with E-state index < -0.39 is 0 Å². The molecule has 0 aliphatic carbocycles. The molecule has 0 amide bonds. The summed E-state index contributed by atoms with van der Waals surface area (Å²) in [6, 6.07) is 17.5. The zero-order valence-corrected chi connectivity index (χ0v) is 13.4. The first kappa shape index (κ1) is 15.0. The monoisotopic (exact) mass is 333 g/mol. The highest BCUT2D eigenvalue weighted by Gasteiger charge is 2.14. The van der Waals surface area contributed by atoms with Crippen molar-refractivity contribution in [1.29, 1.82) is 0 Å². The highest BCUT2D eigenvalue weighted by molar-refractivity contribution is 5.87. The van der Waals surface area contributed by atoms with Crippen LogP contribution in [-0.4, -0.2) is 32.3 Å². The minimum Gasteiger partial charge on any atom is -0.508 e. The van der Waals surface area contributed by atoms with Gasteiger partial charge in [0.1, 0.15) is 22.8 Å². The van der Waals surface area contributed by atoms with E-state index in [1.165, 1.54) is 0 Å². The summed E-state index contributed by atoms with van der Waals surface area (Å²) in [5.74, 6) is 1.08. The van der Waals surface area contributed by atoms with E-state index in [2.05, 4.69) is 10.3 Å². The second-order valence-corrected chi connectivity index (χ2v) is 5.61. The lowest BCUT2D eigenvalue weighted by molar-refractivity contribution is 0.417. The van der Waals surface area contributed by atoms with E-state index in [0.717, 1.165) is 22.3 Å². The van der Waals surface area contributed by atoms with Gasteiger partial charge in [-0.05, 0) is 48.0 Å². The normalized spacial score (nSPS) is 10.9. The van der Waals surface area contributed by atoms with Crippen molar-refractivity contribution in [2.75, 3.05) is 7.11 Å². The van der Waals surface area contributed by atoms with Crippen LogP contribution in [0.1, 0.15) is 0 Å². The number of hydrogen-bond acceptors (Lipinski definition) is 5. The summed E-state index contributed by atoms with van der Waals surface area (Å²) in [6.07, 6.45) is 0. The molecular formula is C19H15N3O3. The van der Waals surface area contributed by atoms with Gasteiger partial charge >= 0.3 is 0 Å². The molecule has 0 aliphatic rings. The van der Waals surface area contributed by atoms with Gasteiger partial charge in [-0.3, -0.25) is 0 Å². The molecule has 0 atom stereocenters. The van der Waals surface area contributed by atoms with E-state index in [1.54, 1.807) is 48.2 Å². The van der Waals surface area contributed by atoms with Gasteiger partial charge in [0.15, 0.2) is 0 Å². The van der Waals surface area contributed by atoms with E-state index in [-0.39, 0.29) is 11.5 Å². The smallest absolute Gasteiger partial charge is 0.129 e. The van der Waals surface area contributed by atoms with Gasteiger partial charge in [0, 0.05) is 11.6 Å². The number of rotatable bonds is 3. The Hall–Kier alpha value is -3.54. The quantitative estimate of drug-likeness (QED) is 0.600. The van der Waals surface area contributed by atoms with Crippen molar-refractivity contribution in [3.63, 3.8) is 0 Å². The molecule has 4 rings (SSSR count). The van der Waals surface area contributed by atoms with E-state index in [1.807, 2.05) is 24.3 Å². The molecule has 0 aliphatic heterocycles. The number of aromatic nitrogens is 3. The molecule has 0 saturated carbocycles. The van der Waals surface area contributed by atoms with Crippen molar-refractivity contribution >= 4 is 11.0 Å². The highest BCUT2D eigenvalue weighted by Crippen LogP contribution is 2.34. The number of methoxy groups -OCH3 is 1. The van der Waals surface area contributed by atoms with Crippen molar-refractivity contribution in [2.45, 2.75) is 0 Å². The lowest BCUT2D eigenvalue weighted by atomic mass is 10.0. The minimum atomic E-state index is 0.194. The molecule has 3 aromatic carbocycles. The molecule has 6 nitrogen and oxygen atoms in total. The first-order valence-electron chi connectivity index (χ1n) is 7.68. The molecule has 124 valence electrons. The zero-order chi connectivity index (χ0) is 17.4. The van der Waals surface area contributed by atoms with Crippen LogP contribution in [0, 0.1) is 0 Å². The fraction of sp³-hybridized carbons (Fsp3) is 0.0526. The van der Waals surface area contributed by atoms with E-state index >= 15 is 0 Å². The Morgan fingerprint density at radius 3 is 2.16 bits per heavy atom. The van der Waals surface area contributed by atoms with E-state index in [4.69, 9.17) is 4.74 Å². The molecule has 4 aromatic rings. The van der Waals surface area contributed by atoms with Crippen LogP contribution in [0.3, 0.4) is 0 Å². The molecule has 0 fully saturated rings. The Morgan fingerprint density at radius 1 is 0.880 bits per heavy atom. The second kappa shape index (κ2) is 5.83. The third-order valence-corrected chi connectivity index (χ3v) is 4.04. The number of benzene rings is 3. The SMILES string of the molecule is COc1cc2nnn(-c3ccc(O)cc3)c2cc1-c1ccc(O)cc1. The lowest BCUT2D eigenvalue weighted by Gasteiger charge is -2.10. The predicted octanol–water partition coefficient (Wildman–Crippen LogP) is 3.51. The van der Waals surface area contributed by atoms with Crippen LogP contribution >= 0.6 is 0 Å². The van der Waals surface area contributed by atoms with Gasteiger partial charge in [-0.15, -0.1) is 5.10 Å². The minimum absolute atomic E-state index is 0.194. The number of hydrogen-bond donors (Lipinski definition) is 2. The van der Waals surface area contributed by atoms with Gasteiger partial charge in [0.25, 0.3) is 0 Å². The summed E-state index contributed by atoms with van der Waals surface area (Å²) in [5, 5.41) is 27.4. The molecule has 25 heavy (non-hydrogen) atoms. The van der Waals surface area contributed by atoms with Crippen LogP contribution in [0.25, 0.3) is 27.8 Å². The molecular weight excluding hydrogens is 318 g/mol. The fourth-order valence-electron chi connectivity index (χ4n) is 2.77. The Morgan fingerprint density at radius 2 is 1.52 bits per heavy atom. The van der Waals surface area contributed by atoms with Gasteiger partial charge in [-0.25, -0.2) is 4.68 Å². The molecule has 0 radical (unpaired) electrons. The van der Waals surface area contributed by atoms with E-state index in [9.17, 15) is 10.2 Å². The number of phenolic OH excluding ortho intramolecular Hbond substituents is 2. The zero-order valence-electron chi connectivity index (χ0n) is 13.4. The van der Waals surface area contributed by atoms with Crippen molar-refractivity contribution in [1.82, 2.24) is 15.0 Å². The fourth-order valence-corrected chi connectivity index (χ4v) is 2.77. The lowest BCUT2D eigenvalue weighted by Crippen LogP contribution is -1.96. The molecule has 2 N–H and O–H groups in total. The van der Waals surface area contributed by atoms with Crippen LogP contribution < -0.4 is 4.74 Å². The van der Waals surface area contributed by atoms with Crippen LogP contribution in [0.5, 0.6) is 17.2 Å². The molecule has 0 unspecified atom stereocenters. The van der Waals surface area contributed by atoms with Crippen LogP contribution in [-0.2, 0) is 0 Å². The maximum Gasteiger partial charge on any atom is 0.129 e. The first-order chi connectivity index (χ1) is 12.2. The molecule has 1 aromatic heterocycles. The Bertz CT molecular complexity index is 1040. The van der Waals surface area contributed by atoms with Crippen molar-refractivity contribution in [3.05, 3.63) is 60.7 Å². The van der Waals surface area contributed by atoms with Crippen molar-refractivity contribution in [3.8, 4) is 34.1 Å². The summed E-state index contributed by atoms with van der Waals surface area (Å²) in [6.45, 7) is 0. The first-order valence-corrected chi connectivity index (χ1v) is 7.68. The number of phenols is 2. The standard InChI is InChI=1S/C19H15N3O3/c1-25-19-11-17-18(10-16(19)12-2-6-14(23)7-3-12)22(21-20-17)13-4-8-15(24)9-5-13/h2-11,23-24H,1H3. The molecule has 0 bridgehead atoms. The molecule has 1 heterocycles. The summed E-state index contributed by atoms with van der Waals surface area (Å²) < 4.78 is 7.20. The summed E-state index contributed by atoms with van der Waals surface area (Å²) in [4.78, 5) is 0. The summed E-state index contributed by atoms with van der Waals surface area (Å²) in [5.41, 5.74) is 4.09. The average molecular weight is 333 g/mol. The maximum atomic E-state index is 9.51. The van der Waals surface area contributed by atoms with Gasteiger partial charge in [-0.1, -0.05) is 17.3 Å². The third-order valence-electron chi connectivity index (χ3n) is 4.04. The Labute approximate surface area is 143 Å². The molecule has 6 heteroatoms. The average Bonchev–Trinajstić information content (AvgIpc) is 3.05. The predicted molar refractivity (Wildman–Crippen MR) is 94.2 cm³/mol. The van der Waals surface area contributed by atoms with Crippen LogP contribution in [0.2, 0.25) is 0 Å². The third kappa shape index (κ3) is 2.63. The number of fused-ring (bicyclic) bond motifs is 1.